The Morgan fingerprint density at radius 2 is 2.50 bits per heavy atom. The van der Waals surface area contributed by atoms with Crippen LogP contribution in [0.25, 0.3) is 0 Å². The zero-order valence-corrected chi connectivity index (χ0v) is 9.39. The number of aromatic nitrogens is 1. The van der Waals surface area contributed by atoms with Gasteiger partial charge in [-0.1, -0.05) is 6.92 Å². The highest BCUT2D eigenvalue weighted by Crippen LogP contribution is 2.04. The molecule has 80 valence electrons. The van der Waals surface area contributed by atoms with Crippen molar-refractivity contribution in [3.8, 4) is 0 Å². The largest absolute Gasteiger partial charge is 0.393 e. The SMILES string of the molecule is CCC(O)CCCNCc1cncs1. The average molecular weight is 214 g/mol. The molecule has 0 amide bonds. The first-order chi connectivity index (χ1) is 6.83. The van der Waals surface area contributed by atoms with Gasteiger partial charge in [0.1, 0.15) is 0 Å². The topological polar surface area (TPSA) is 45.1 Å². The van der Waals surface area contributed by atoms with E-state index in [1.807, 2.05) is 18.6 Å². The van der Waals surface area contributed by atoms with Gasteiger partial charge in [0.2, 0.25) is 0 Å². The van der Waals surface area contributed by atoms with Crippen LogP contribution >= 0.6 is 11.3 Å². The van der Waals surface area contributed by atoms with Crippen LogP contribution in [0, 0.1) is 0 Å². The molecule has 1 rings (SSSR count). The zero-order chi connectivity index (χ0) is 10.2. The molecule has 0 spiro atoms. The molecule has 0 aliphatic rings. The predicted octanol–water partition coefficient (Wildman–Crippen LogP) is 1.78. The first-order valence-electron chi connectivity index (χ1n) is 5.09. The highest BCUT2D eigenvalue weighted by atomic mass is 32.1. The van der Waals surface area contributed by atoms with Gasteiger partial charge in [-0.25, -0.2) is 0 Å². The van der Waals surface area contributed by atoms with Gasteiger partial charge in [0.05, 0.1) is 11.6 Å². The molecule has 0 aliphatic carbocycles. The van der Waals surface area contributed by atoms with Crippen molar-refractivity contribution < 1.29 is 5.11 Å². The second-order valence-electron chi connectivity index (χ2n) is 3.35. The van der Waals surface area contributed by atoms with Gasteiger partial charge in [-0.05, 0) is 25.8 Å². The molecule has 0 aromatic carbocycles. The van der Waals surface area contributed by atoms with Crippen LogP contribution in [-0.4, -0.2) is 22.7 Å². The summed E-state index contributed by atoms with van der Waals surface area (Å²) >= 11 is 1.67. The van der Waals surface area contributed by atoms with Crippen molar-refractivity contribution in [1.29, 1.82) is 0 Å². The normalized spacial score (nSPS) is 13.0. The molecule has 1 unspecified atom stereocenters. The fourth-order valence-electron chi connectivity index (χ4n) is 1.21. The first-order valence-corrected chi connectivity index (χ1v) is 5.97. The van der Waals surface area contributed by atoms with Gasteiger partial charge < -0.3 is 10.4 Å². The van der Waals surface area contributed by atoms with Gasteiger partial charge in [-0.15, -0.1) is 11.3 Å². The number of aliphatic hydroxyl groups excluding tert-OH is 1. The summed E-state index contributed by atoms with van der Waals surface area (Å²) in [6.07, 6.45) is 4.55. The third-order valence-electron chi connectivity index (χ3n) is 2.14. The van der Waals surface area contributed by atoms with Crippen LogP contribution < -0.4 is 5.32 Å². The number of nitrogens with zero attached hydrogens (tertiary/aromatic N) is 1. The Kier molecular flexibility index (Phi) is 5.75. The third kappa shape index (κ3) is 4.69. The van der Waals surface area contributed by atoms with E-state index in [-0.39, 0.29) is 6.10 Å². The van der Waals surface area contributed by atoms with E-state index in [1.165, 1.54) is 4.88 Å². The number of aliphatic hydroxyl groups is 1. The minimum absolute atomic E-state index is 0.125. The van der Waals surface area contributed by atoms with E-state index < -0.39 is 0 Å². The minimum atomic E-state index is -0.125. The Morgan fingerprint density at radius 3 is 3.14 bits per heavy atom. The van der Waals surface area contributed by atoms with Crippen LogP contribution in [0.1, 0.15) is 31.1 Å². The molecular formula is C10H18N2OS. The van der Waals surface area contributed by atoms with Gasteiger partial charge in [0.25, 0.3) is 0 Å². The molecule has 1 heterocycles. The van der Waals surface area contributed by atoms with Crippen LogP contribution in [0.4, 0.5) is 0 Å². The Labute approximate surface area is 89.2 Å². The van der Waals surface area contributed by atoms with Crippen molar-refractivity contribution >= 4 is 11.3 Å². The molecular weight excluding hydrogens is 196 g/mol. The third-order valence-corrected chi connectivity index (χ3v) is 2.92. The summed E-state index contributed by atoms with van der Waals surface area (Å²) in [5.41, 5.74) is 1.85. The Bertz CT molecular complexity index is 226. The number of rotatable bonds is 7. The van der Waals surface area contributed by atoms with Crippen molar-refractivity contribution in [3.05, 3.63) is 16.6 Å². The van der Waals surface area contributed by atoms with Gasteiger partial charge in [-0.2, -0.15) is 0 Å². The van der Waals surface area contributed by atoms with Crippen molar-refractivity contribution in [3.63, 3.8) is 0 Å². The number of nitrogens with one attached hydrogen (secondary N) is 1. The smallest absolute Gasteiger partial charge is 0.0794 e. The molecule has 2 N–H and O–H groups in total. The highest BCUT2D eigenvalue weighted by molar-refractivity contribution is 7.09. The van der Waals surface area contributed by atoms with Crippen molar-refractivity contribution in [1.82, 2.24) is 10.3 Å². The van der Waals surface area contributed by atoms with Crippen molar-refractivity contribution in [2.75, 3.05) is 6.54 Å². The van der Waals surface area contributed by atoms with E-state index in [2.05, 4.69) is 10.3 Å². The first kappa shape index (κ1) is 11.6. The van der Waals surface area contributed by atoms with E-state index in [4.69, 9.17) is 0 Å². The summed E-state index contributed by atoms with van der Waals surface area (Å²) in [7, 11) is 0. The molecule has 1 aromatic rings. The molecule has 0 aliphatic heterocycles. The van der Waals surface area contributed by atoms with Crippen LogP contribution in [0.15, 0.2) is 11.7 Å². The van der Waals surface area contributed by atoms with Crippen molar-refractivity contribution in [2.45, 2.75) is 38.8 Å². The summed E-state index contributed by atoms with van der Waals surface area (Å²) in [5, 5.41) is 12.6. The van der Waals surface area contributed by atoms with Gasteiger partial charge in [-0.3, -0.25) is 4.98 Å². The lowest BCUT2D eigenvalue weighted by molar-refractivity contribution is 0.157. The maximum Gasteiger partial charge on any atom is 0.0794 e. The van der Waals surface area contributed by atoms with Crippen LogP contribution in [0.2, 0.25) is 0 Å². The molecule has 3 nitrogen and oxygen atoms in total. The lowest BCUT2D eigenvalue weighted by atomic mass is 10.1. The number of hydrogen-bond donors (Lipinski definition) is 2. The summed E-state index contributed by atoms with van der Waals surface area (Å²) in [6, 6.07) is 0. The molecule has 0 radical (unpaired) electrons. The second kappa shape index (κ2) is 6.92. The lowest BCUT2D eigenvalue weighted by Gasteiger charge is -2.07. The molecule has 14 heavy (non-hydrogen) atoms. The lowest BCUT2D eigenvalue weighted by Crippen LogP contribution is -2.16. The number of thiazole rings is 1. The molecule has 0 saturated carbocycles. The Morgan fingerprint density at radius 1 is 1.64 bits per heavy atom. The molecule has 1 aromatic heterocycles. The standard InChI is InChI=1S/C10H18N2OS/c1-2-9(13)4-3-5-11-6-10-7-12-8-14-10/h7-9,11,13H,2-6H2,1H3. The quantitative estimate of drug-likeness (QED) is 0.680. The van der Waals surface area contributed by atoms with Crippen molar-refractivity contribution in [2.24, 2.45) is 0 Å². The summed E-state index contributed by atoms with van der Waals surface area (Å²) in [4.78, 5) is 5.27. The monoisotopic (exact) mass is 214 g/mol. The van der Waals surface area contributed by atoms with E-state index in [0.717, 1.165) is 32.4 Å². The van der Waals surface area contributed by atoms with Crippen LogP contribution in [0.3, 0.4) is 0 Å². The van der Waals surface area contributed by atoms with E-state index in [0.29, 0.717) is 0 Å². The molecule has 4 heteroatoms. The zero-order valence-electron chi connectivity index (χ0n) is 8.57. The van der Waals surface area contributed by atoms with E-state index in [1.54, 1.807) is 11.3 Å². The van der Waals surface area contributed by atoms with Gasteiger partial charge >= 0.3 is 0 Å². The Hall–Kier alpha value is -0.450. The molecule has 0 fully saturated rings. The van der Waals surface area contributed by atoms with Crippen LogP contribution in [0.5, 0.6) is 0 Å². The van der Waals surface area contributed by atoms with E-state index in [9.17, 15) is 5.11 Å². The fourth-order valence-corrected chi connectivity index (χ4v) is 1.77. The second-order valence-corrected chi connectivity index (χ2v) is 4.32. The summed E-state index contributed by atoms with van der Waals surface area (Å²) < 4.78 is 0. The minimum Gasteiger partial charge on any atom is -0.393 e. The predicted molar refractivity (Wildman–Crippen MR) is 59.4 cm³/mol. The average Bonchev–Trinajstić information content (AvgIpc) is 2.69. The van der Waals surface area contributed by atoms with Gasteiger partial charge in [0, 0.05) is 17.6 Å². The maximum atomic E-state index is 9.31. The van der Waals surface area contributed by atoms with Gasteiger partial charge in [0.15, 0.2) is 0 Å². The summed E-state index contributed by atoms with van der Waals surface area (Å²) in [6.45, 7) is 3.87. The van der Waals surface area contributed by atoms with E-state index >= 15 is 0 Å². The van der Waals surface area contributed by atoms with Crippen LogP contribution in [-0.2, 0) is 6.54 Å². The Balaban J connectivity index is 1.95. The fraction of sp³-hybridized carbons (Fsp3) is 0.700. The molecule has 1 atom stereocenters. The highest BCUT2D eigenvalue weighted by Gasteiger charge is 1.99. The molecule has 0 saturated heterocycles. The summed E-state index contributed by atoms with van der Waals surface area (Å²) in [5.74, 6) is 0. The maximum absolute atomic E-state index is 9.31. The molecule has 0 bridgehead atoms. The number of hydrogen-bond acceptors (Lipinski definition) is 4.